The van der Waals surface area contributed by atoms with Gasteiger partial charge in [-0.2, -0.15) is 0 Å². The molecule has 0 radical (unpaired) electrons. The molecule has 2 rings (SSSR count). The predicted molar refractivity (Wildman–Crippen MR) is 144 cm³/mol. The van der Waals surface area contributed by atoms with E-state index in [0.29, 0.717) is 19.3 Å². The van der Waals surface area contributed by atoms with E-state index in [0.717, 1.165) is 18.5 Å². The zero-order valence-corrected chi connectivity index (χ0v) is 22.1. The van der Waals surface area contributed by atoms with Gasteiger partial charge in [0.05, 0.1) is 6.04 Å². The fourth-order valence-electron chi connectivity index (χ4n) is 4.25. The molecule has 1 aliphatic heterocycles. The van der Waals surface area contributed by atoms with E-state index in [9.17, 15) is 24.3 Å². The Morgan fingerprint density at radius 3 is 2.26 bits per heavy atom. The minimum absolute atomic E-state index is 0.0804. The average molecular weight is 532 g/mol. The highest BCUT2D eigenvalue weighted by Crippen LogP contribution is 2.11. The highest BCUT2D eigenvalue weighted by molar-refractivity contribution is 5.94. The summed E-state index contributed by atoms with van der Waals surface area (Å²) in [6.07, 6.45) is 2.55. The van der Waals surface area contributed by atoms with Gasteiger partial charge < -0.3 is 37.8 Å². The standard InChI is InChI=1S/C26H41N7O5/c1-16(2)14-20(32-22(34)18-10-6-12-29-18)24(36)31-19(11-7-13-30-26(27)28)23(35)33-21(25(37)38)15-17-8-4-3-5-9-17/h3-5,8-9,16,18-21,29H,6-7,10-15H2,1-2H3,(H,31,36)(H,32,34)(H,33,35)(H,37,38)(H4,27,28,30)/t18-,19-,20-,21-/m0/s1. The Morgan fingerprint density at radius 2 is 1.68 bits per heavy atom. The van der Waals surface area contributed by atoms with Crippen molar-refractivity contribution in [1.29, 1.82) is 0 Å². The molecule has 1 fully saturated rings. The molecule has 0 unspecified atom stereocenters. The Labute approximate surface area is 223 Å². The number of guanidine groups is 1. The number of hydrogen-bond acceptors (Lipinski definition) is 6. The van der Waals surface area contributed by atoms with Gasteiger partial charge in [-0.15, -0.1) is 0 Å². The van der Waals surface area contributed by atoms with Gasteiger partial charge in [-0.1, -0.05) is 44.2 Å². The number of nitrogens with zero attached hydrogens (tertiary/aromatic N) is 1. The molecule has 4 atom stereocenters. The molecule has 12 nitrogen and oxygen atoms in total. The molecule has 38 heavy (non-hydrogen) atoms. The van der Waals surface area contributed by atoms with E-state index in [1.54, 1.807) is 24.3 Å². The normalized spacial score (nSPS) is 17.2. The van der Waals surface area contributed by atoms with Crippen LogP contribution in [0.2, 0.25) is 0 Å². The van der Waals surface area contributed by atoms with Crippen LogP contribution < -0.4 is 32.7 Å². The van der Waals surface area contributed by atoms with Gasteiger partial charge in [0.1, 0.15) is 18.1 Å². The average Bonchev–Trinajstić information content (AvgIpc) is 3.40. The molecule has 210 valence electrons. The van der Waals surface area contributed by atoms with E-state index in [4.69, 9.17) is 11.5 Å². The van der Waals surface area contributed by atoms with Crippen LogP contribution in [-0.2, 0) is 25.6 Å². The third kappa shape index (κ3) is 10.8. The molecular formula is C26H41N7O5. The number of nitrogens with two attached hydrogens (primary N) is 2. The van der Waals surface area contributed by atoms with Gasteiger partial charge >= 0.3 is 5.97 Å². The first-order chi connectivity index (χ1) is 18.1. The number of carboxylic acids is 1. The van der Waals surface area contributed by atoms with Crippen molar-refractivity contribution in [2.24, 2.45) is 22.4 Å². The minimum atomic E-state index is -1.19. The summed E-state index contributed by atoms with van der Waals surface area (Å²) >= 11 is 0. The van der Waals surface area contributed by atoms with Gasteiger partial charge in [-0.3, -0.25) is 19.4 Å². The van der Waals surface area contributed by atoms with Crippen molar-refractivity contribution < 1.29 is 24.3 Å². The summed E-state index contributed by atoms with van der Waals surface area (Å²) in [7, 11) is 0. The number of hydrogen-bond donors (Lipinski definition) is 7. The molecule has 1 aromatic rings. The number of carbonyl (C=O) groups is 4. The summed E-state index contributed by atoms with van der Waals surface area (Å²) in [5, 5.41) is 20.9. The fraction of sp³-hybridized carbons (Fsp3) is 0.577. The molecule has 3 amide bonds. The Kier molecular flexibility index (Phi) is 12.5. The number of rotatable bonds is 15. The maximum Gasteiger partial charge on any atom is 0.326 e. The molecule has 12 heteroatoms. The first-order valence-corrected chi connectivity index (χ1v) is 13.0. The molecule has 0 aromatic heterocycles. The van der Waals surface area contributed by atoms with Gasteiger partial charge in [0.25, 0.3) is 0 Å². The van der Waals surface area contributed by atoms with Crippen molar-refractivity contribution in [2.45, 2.75) is 76.5 Å². The zero-order chi connectivity index (χ0) is 28.1. The van der Waals surface area contributed by atoms with Crippen LogP contribution in [0.25, 0.3) is 0 Å². The lowest BCUT2D eigenvalue weighted by atomic mass is 10.0. The first kappa shape index (κ1) is 30.6. The largest absolute Gasteiger partial charge is 0.480 e. The third-order valence-electron chi connectivity index (χ3n) is 6.19. The summed E-state index contributed by atoms with van der Waals surface area (Å²) in [5.41, 5.74) is 11.5. The van der Waals surface area contributed by atoms with Crippen molar-refractivity contribution in [3.63, 3.8) is 0 Å². The van der Waals surface area contributed by atoms with E-state index < -0.39 is 35.9 Å². The molecule has 1 aliphatic rings. The van der Waals surface area contributed by atoms with Crippen LogP contribution in [0.5, 0.6) is 0 Å². The molecule has 0 bridgehead atoms. The molecule has 0 spiro atoms. The highest BCUT2D eigenvalue weighted by Gasteiger charge is 2.31. The van der Waals surface area contributed by atoms with Crippen molar-refractivity contribution in [1.82, 2.24) is 21.3 Å². The van der Waals surface area contributed by atoms with Crippen molar-refractivity contribution in [3.05, 3.63) is 35.9 Å². The van der Waals surface area contributed by atoms with E-state index in [1.165, 1.54) is 0 Å². The maximum atomic E-state index is 13.3. The summed E-state index contributed by atoms with van der Waals surface area (Å²) in [4.78, 5) is 55.0. The van der Waals surface area contributed by atoms with Gasteiger partial charge in [-0.05, 0) is 50.1 Å². The van der Waals surface area contributed by atoms with Gasteiger partial charge in [0, 0.05) is 13.0 Å². The Bertz CT molecular complexity index is 960. The second-order valence-corrected chi connectivity index (χ2v) is 9.94. The van der Waals surface area contributed by atoms with E-state index in [-0.39, 0.29) is 43.2 Å². The lowest BCUT2D eigenvalue weighted by Crippen LogP contribution is -2.57. The lowest BCUT2D eigenvalue weighted by Gasteiger charge is -2.26. The van der Waals surface area contributed by atoms with E-state index in [2.05, 4.69) is 26.3 Å². The van der Waals surface area contributed by atoms with E-state index >= 15 is 0 Å². The topological polar surface area (TPSA) is 201 Å². The van der Waals surface area contributed by atoms with Gasteiger partial charge in [0.2, 0.25) is 17.7 Å². The zero-order valence-electron chi connectivity index (χ0n) is 22.1. The van der Waals surface area contributed by atoms with Crippen molar-refractivity contribution in [3.8, 4) is 0 Å². The van der Waals surface area contributed by atoms with Crippen LogP contribution in [0, 0.1) is 5.92 Å². The number of carbonyl (C=O) groups excluding carboxylic acids is 3. The first-order valence-electron chi connectivity index (χ1n) is 13.0. The summed E-state index contributed by atoms with van der Waals surface area (Å²) in [5.74, 6) is -2.60. The smallest absolute Gasteiger partial charge is 0.326 e. The Morgan fingerprint density at radius 1 is 1.03 bits per heavy atom. The van der Waals surface area contributed by atoms with Crippen LogP contribution in [0.3, 0.4) is 0 Å². The monoisotopic (exact) mass is 531 g/mol. The van der Waals surface area contributed by atoms with Crippen molar-refractivity contribution >= 4 is 29.7 Å². The second-order valence-electron chi connectivity index (χ2n) is 9.94. The molecule has 9 N–H and O–H groups in total. The van der Waals surface area contributed by atoms with Crippen LogP contribution in [0.4, 0.5) is 0 Å². The third-order valence-corrected chi connectivity index (χ3v) is 6.19. The molecule has 1 heterocycles. The SMILES string of the molecule is CC(C)C[C@H](NC(=O)[C@@H]1CCCN1)C(=O)N[C@@H](CCCN=C(N)N)C(=O)N[C@@H](Cc1ccccc1)C(=O)O. The number of amides is 3. The molecule has 0 saturated carbocycles. The number of aliphatic imine (C=N–C) groups is 1. The highest BCUT2D eigenvalue weighted by atomic mass is 16.4. The minimum Gasteiger partial charge on any atom is -0.480 e. The molecule has 1 saturated heterocycles. The maximum absolute atomic E-state index is 13.3. The molecule has 1 aromatic carbocycles. The summed E-state index contributed by atoms with van der Waals surface area (Å²) < 4.78 is 0. The second kappa shape index (κ2) is 15.6. The predicted octanol–water partition coefficient (Wildman–Crippen LogP) is -0.380. The number of nitrogens with one attached hydrogen (secondary N) is 4. The summed E-state index contributed by atoms with van der Waals surface area (Å²) in [6, 6.07) is 5.48. The lowest BCUT2D eigenvalue weighted by molar-refractivity contribution is -0.142. The van der Waals surface area contributed by atoms with Crippen LogP contribution in [0.15, 0.2) is 35.3 Å². The quantitative estimate of drug-likeness (QED) is 0.0901. The Balaban J connectivity index is 2.14. The van der Waals surface area contributed by atoms with Crippen LogP contribution in [-0.4, -0.2) is 72.0 Å². The summed E-state index contributed by atoms with van der Waals surface area (Å²) in [6.45, 7) is 4.83. The number of carboxylic acid groups (broad SMARTS) is 1. The van der Waals surface area contributed by atoms with Crippen LogP contribution in [0.1, 0.15) is 51.5 Å². The fourth-order valence-corrected chi connectivity index (χ4v) is 4.25. The number of benzene rings is 1. The van der Waals surface area contributed by atoms with E-state index in [1.807, 2.05) is 19.9 Å². The molecular weight excluding hydrogens is 490 g/mol. The number of aliphatic carboxylic acids is 1. The van der Waals surface area contributed by atoms with Gasteiger partial charge in [-0.25, -0.2) is 4.79 Å². The van der Waals surface area contributed by atoms with Gasteiger partial charge in [0.15, 0.2) is 5.96 Å². The van der Waals surface area contributed by atoms with Crippen molar-refractivity contribution in [2.75, 3.05) is 13.1 Å². The molecule has 0 aliphatic carbocycles. The van der Waals surface area contributed by atoms with Crippen LogP contribution >= 0.6 is 0 Å². The Hall–Kier alpha value is -3.67.